The zero-order valence-corrected chi connectivity index (χ0v) is 14.9. The molecule has 7 nitrogen and oxygen atoms in total. The highest BCUT2D eigenvalue weighted by atomic mass is 32.2. The Morgan fingerprint density at radius 2 is 1.71 bits per heavy atom. The number of halogens is 3. The number of nitrogens with one attached hydrogen (secondary N) is 2. The lowest BCUT2D eigenvalue weighted by atomic mass is 10.3. The van der Waals surface area contributed by atoms with E-state index in [1.54, 1.807) is 0 Å². The Bertz CT molecular complexity index is 1110. The Morgan fingerprint density at radius 1 is 0.964 bits per heavy atom. The van der Waals surface area contributed by atoms with Crippen molar-refractivity contribution in [1.29, 1.82) is 0 Å². The lowest BCUT2D eigenvalue weighted by molar-refractivity contribution is 0.510. The molecular formula is C17H12F3N7S. The largest absolute Gasteiger partial charge is 0.368 e. The van der Waals surface area contributed by atoms with Crippen molar-refractivity contribution in [3.8, 4) is 0 Å². The van der Waals surface area contributed by atoms with Crippen LogP contribution in [0.1, 0.15) is 5.82 Å². The fraction of sp³-hybridized carbons (Fsp3) is 0.0588. The van der Waals surface area contributed by atoms with Gasteiger partial charge < -0.3 is 16.0 Å². The molecular weight excluding hydrogens is 391 g/mol. The molecule has 2 aromatic carbocycles. The van der Waals surface area contributed by atoms with Crippen LogP contribution < -0.4 is 11.1 Å². The summed E-state index contributed by atoms with van der Waals surface area (Å²) < 4.78 is 39.6. The van der Waals surface area contributed by atoms with Gasteiger partial charge in [0.1, 0.15) is 11.6 Å². The van der Waals surface area contributed by atoms with Crippen molar-refractivity contribution in [2.45, 2.75) is 10.9 Å². The number of nitrogen functional groups attached to an aromatic ring is 1. The number of rotatable bonds is 5. The molecule has 0 bridgehead atoms. The molecule has 142 valence electrons. The van der Waals surface area contributed by atoms with Gasteiger partial charge in [-0.25, -0.2) is 18.2 Å². The number of hydrogen-bond donors (Lipinski definition) is 3. The molecule has 0 spiro atoms. The van der Waals surface area contributed by atoms with Crippen molar-refractivity contribution in [3.05, 3.63) is 59.7 Å². The SMILES string of the molecule is Nc1nc(CSc2nc3cc(F)c(F)cc3[nH]2)nc(Nc2ccc(F)cc2)n1. The zero-order chi connectivity index (χ0) is 19.7. The number of fused-ring (bicyclic) bond motifs is 1. The topological polar surface area (TPSA) is 105 Å². The highest BCUT2D eigenvalue weighted by Gasteiger charge is 2.11. The number of thioether (sulfide) groups is 1. The van der Waals surface area contributed by atoms with Crippen LogP contribution in [0.5, 0.6) is 0 Å². The first-order valence-electron chi connectivity index (χ1n) is 7.97. The van der Waals surface area contributed by atoms with E-state index in [2.05, 4.69) is 30.2 Å². The lowest BCUT2D eigenvalue weighted by Gasteiger charge is -2.07. The van der Waals surface area contributed by atoms with Gasteiger partial charge in [0.05, 0.1) is 16.8 Å². The van der Waals surface area contributed by atoms with E-state index in [0.29, 0.717) is 27.7 Å². The van der Waals surface area contributed by atoms with Crippen LogP contribution in [-0.2, 0) is 5.75 Å². The maximum atomic E-state index is 13.3. The highest BCUT2D eigenvalue weighted by Crippen LogP contribution is 2.24. The number of imidazole rings is 1. The molecule has 0 saturated heterocycles. The molecule has 11 heteroatoms. The van der Waals surface area contributed by atoms with E-state index in [0.717, 1.165) is 12.1 Å². The van der Waals surface area contributed by atoms with Crippen LogP contribution in [0, 0.1) is 17.5 Å². The summed E-state index contributed by atoms with van der Waals surface area (Å²) >= 11 is 1.24. The van der Waals surface area contributed by atoms with Gasteiger partial charge in [0.15, 0.2) is 16.8 Å². The van der Waals surface area contributed by atoms with Gasteiger partial charge in [-0.1, -0.05) is 11.8 Å². The Balaban J connectivity index is 1.50. The Kier molecular flexibility index (Phi) is 4.74. The summed E-state index contributed by atoms with van der Waals surface area (Å²) in [6.07, 6.45) is 0. The predicted molar refractivity (Wildman–Crippen MR) is 99.5 cm³/mol. The number of aromatic nitrogens is 5. The van der Waals surface area contributed by atoms with E-state index < -0.39 is 11.6 Å². The average molecular weight is 403 g/mol. The van der Waals surface area contributed by atoms with Crippen LogP contribution in [0.25, 0.3) is 11.0 Å². The second kappa shape index (κ2) is 7.35. The van der Waals surface area contributed by atoms with Crippen molar-refractivity contribution in [2.24, 2.45) is 0 Å². The van der Waals surface area contributed by atoms with Crippen LogP contribution >= 0.6 is 11.8 Å². The number of hydrogen-bond acceptors (Lipinski definition) is 7. The second-order valence-corrected chi connectivity index (χ2v) is 6.64. The average Bonchev–Trinajstić information content (AvgIpc) is 3.03. The minimum Gasteiger partial charge on any atom is -0.368 e. The third-order valence-corrected chi connectivity index (χ3v) is 4.51. The molecule has 2 heterocycles. The fourth-order valence-corrected chi connectivity index (χ4v) is 3.14. The summed E-state index contributed by atoms with van der Waals surface area (Å²) in [5, 5.41) is 3.37. The van der Waals surface area contributed by atoms with Crippen LogP contribution in [0.4, 0.5) is 30.8 Å². The Hall–Kier alpha value is -3.34. The summed E-state index contributed by atoms with van der Waals surface area (Å²) in [4.78, 5) is 19.4. The van der Waals surface area contributed by atoms with Gasteiger partial charge in [0, 0.05) is 17.8 Å². The van der Waals surface area contributed by atoms with Gasteiger partial charge in [-0.2, -0.15) is 15.0 Å². The monoisotopic (exact) mass is 403 g/mol. The number of benzene rings is 2. The predicted octanol–water partition coefficient (Wildman–Crippen LogP) is 3.78. The van der Waals surface area contributed by atoms with Gasteiger partial charge >= 0.3 is 0 Å². The molecule has 0 aliphatic rings. The molecule has 0 amide bonds. The molecule has 4 rings (SSSR count). The van der Waals surface area contributed by atoms with E-state index in [1.165, 1.54) is 36.0 Å². The van der Waals surface area contributed by atoms with Gasteiger partial charge in [-0.3, -0.25) is 0 Å². The fourth-order valence-electron chi connectivity index (χ4n) is 2.40. The summed E-state index contributed by atoms with van der Waals surface area (Å²) in [7, 11) is 0. The van der Waals surface area contributed by atoms with Gasteiger partial charge in [-0.15, -0.1) is 0 Å². The Labute approximate surface area is 160 Å². The van der Waals surface area contributed by atoms with Crippen LogP contribution in [0.2, 0.25) is 0 Å². The normalized spacial score (nSPS) is 11.1. The van der Waals surface area contributed by atoms with Crippen LogP contribution in [-0.4, -0.2) is 24.9 Å². The van der Waals surface area contributed by atoms with Crippen molar-refractivity contribution >= 4 is 40.4 Å². The molecule has 0 aliphatic heterocycles. The third kappa shape index (κ3) is 3.98. The number of nitrogens with two attached hydrogens (primary N) is 1. The van der Waals surface area contributed by atoms with Crippen LogP contribution in [0.15, 0.2) is 41.6 Å². The van der Waals surface area contributed by atoms with Crippen LogP contribution in [0.3, 0.4) is 0 Å². The highest BCUT2D eigenvalue weighted by molar-refractivity contribution is 7.98. The van der Waals surface area contributed by atoms with Gasteiger partial charge in [0.25, 0.3) is 0 Å². The molecule has 0 aliphatic carbocycles. The molecule has 28 heavy (non-hydrogen) atoms. The minimum absolute atomic E-state index is 0.0176. The van der Waals surface area contributed by atoms with Crippen molar-refractivity contribution in [2.75, 3.05) is 11.1 Å². The molecule has 0 saturated carbocycles. The van der Waals surface area contributed by atoms with Gasteiger partial charge in [-0.05, 0) is 24.3 Å². The second-order valence-electron chi connectivity index (χ2n) is 5.68. The molecule has 0 radical (unpaired) electrons. The van der Waals surface area contributed by atoms with E-state index in [4.69, 9.17) is 5.73 Å². The summed E-state index contributed by atoms with van der Waals surface area (Å²) in [6.45, 7) is 0. The van der Waals surface area contributed by atoms with Crippen molar-refractivity contribution in [1.82, 2.24) is 24.9 Å². The molecule has 4 aromatic rings. The van der Waals surface area contributed by atoms with E-state index in [1.807, 2.05) is 0 Å². The van der Waals surface area contributed by atoms with E-state index >= 15 is 0 Å². The molecule has 0 fully saturated rings. The third-order valence-electron chi connectivity index (χ3n) is 3.64. The molecule has 4 N–H and O–H groups in total. The van der Waals surface area contributed by atoms with E-state index in [9.17, 15) is 13.2 Å². The van der Waals surface area contributed by atoms with Crippen molar-refractivity contribution in [3.63, 3.8) is 0 Å². The first-order valence-corrected chi connectivity index (χ1v) is 8.95. The number of anilines is 3. The summed E-state index contributed by atoms with van der Waals surface area (Å²) in [5.41, 5.74) is 7.01. The number of nitrogens with zero attached hydrogens (tertiary/aromatic N) is 4. The van der Waals surface area contributed by atoms with Gasteiger partial charge in [0.2, 0.25) is 11.9 Å². The molecule has 2 aromatic heterocycles. The quantitative estimate of drug-likeness (QED) is 0.436. The summed E-state index contributed by atoms with van der Waals surface area (Å²) in [6, 6.07) is 7.75. The maximum Gasteiger partial charge on any atom is 0.232 e. The standard InChI is InChI=1S/C17H12F3N7S/c18-8-1-3-9(4-2-8)22-16-26-14(25-15(21)27-16)7-28-17-23-12-5-10(19)11(20)6-13(12)24-17/h1-6H,7H2,(H,23,24)(H3,21,22,25,26,27). The molecule has 0 atom stereocenters. The van der Waals surface area contributed by atoms with Crippen molar-refractivity contribution < 1.29 is 13.2 Å². The Morgan fingerprint density at radius 3 is 2.50 bits per heavy atom. The molecule has 0 unspecified atom stereocenters. The number of aromatic amines is 1. The summed E-state index contributed by atoms with van der Waals surface area (Å²) in [5.74, 6) is -1.38. The first-order chi connectivity index (χ1) is 13.5. The van der Waals surface area contributed by atoms with E-state index in [-0.39, 0.29) is 23.5 Å². The lowest BCUT2D eigenvalue weighted by Crippen LogP contribution is -2.06. The number of H-pyrrole nitrogens is 1. The minimum atomic E-state index is -0.961. The zero-order valence-electron chi connectivity index (χ0n) is 14.1. The maximum absolute atomic E-state index is 13.3. The smallest absolute Gasteiger partial charge is 0.232 e. The first kappa shape index (κ1) is 18.0.